The zero-order valence-corrected chi connectivity index (χ0v) is 14.2. The van der Waals surface area contributed by atoms with E-state index in [-0.39, 0.29) is 0 Å². The number of aryl methyl sites for hydroxylation is 1. The molecule has 1 aliphatic heterocycles. The first-order valence-electron chi connectivity index (χ1n) is 8.13. The molecule has 0 fully saturated rings. The van der Waals surface area contributed by atoms with Crippen molar-refractivity contribution in [1.29, 1.82) is 0 Å². The van der Waals surface area contributed by atoms with E-state index in [2.05, 4.69) is 22.2 Å². The Bertz CT molecular complexity index is 873. The van der Waals surface area contributed by atoms with Crippen molar-refractivity contribution in [3.05, 3.63) is 52.9 Å². The topological polar surface area (TPSA) is 55.6 Å². The first kappa shape index (κ1) is 15.1. The van der Waals surface area contributed by atoms with Gasteiger partial charge in [-0.2, -0.15) is 5.10 Å². The van der Waals surface area contributed by atoms with Crippen LogP contribution in [0, 0.1) is 6.92 Å². The van der Waals surface area contributed by atoms with Crippen molar-refractivity contribution >= 4 is 17.4 Å². The number of anilines is 1. The van der Waals surface area contributed by atoms with Gasteiger partial charge in [0.15, 0.2) is 0 Å². The highest BCUT2D eigenvalue weighted by molar-refractivity contribution is 6.30. The van der Waals surface area contributed by atoms with Crippen LogP contribution >= 0.6 is 11.6 Å². The highest BCUT2D eigenvalue weighted by atomic mass is 35.5. The molecule has 122 valence electrons. The summed E-state index contributed by atoms with van der Waals surface area (Å²) in [4.78, 5) is 8.64. The van der Waals surface area contributed by atoms with E-state index in [1.54, 1.807) is 18.6 Å². The van der Waals surface area contributed by atoms with E-state index in [9.17, 15) is 0 Å². The molecular formula is C18H18ClN5. The van der Waals surface area contributed by atoms with Crippen LogP contribution in [0.4, 0.5) is 5.82 Å². The lowest BCUT2D eigenvalue weighted by atomic mass is 10.1. The van der Waals surface area contributed by atoms with Crippen molar-refractivity contribution in [2.75, 3.05) is 11.9 Å². The van der Waals surface area contributed by atoms with Crippen molar-refractivity contribution in [1.82, 2.24) is 19.7 Å². The number of hydrogen-bond acceptors (Lipinski definition) is 4. The van der Waals surface area contributed by atoms with E-state index >= 15 is 0 Å². The van der Waals surface area contributed by atoms with Gasteiger partial charge in [0.1, 0.15) is 17.2 Å². The SMILES string of the molecule is Cc1ccc(Cl)cc1-n1nc(-c2cnccn2)c2c1NCCCC2. The van der Waals surface area contributed by atoms with Crippen molar-refractivity contribution in [3.8, 4) is 17.1 Å². The van der Waals surface area contributed by atoms with Crippen LogP contribution in [0.15, 0.2) is 36.8 Å². The van der Waals surface area contributed by atoms with Gasteiger partial charge in [0.25, 0.3) is 0 Å². The number of nitrogens with one attached hydrogen (secondary N) is 1. The third-order valence-corrected chi connectivity index (χ3v) is 4.57. The molecule has 0 aliphatic carbocycles. The fourth-order valence-corrected chi connectivity index (χ4v) is 3.28. The minimum absolute atomic E-state index is 0.703. The second-order valence-electron chi connectivity index (χ2n) is 5.99. The minimum atomic E-state index is 0.703. The molecular weight excluding hydrogens is 322 g/mol. The number of fused-ring (bicyclic) bond motifs is 1. The lowest BCUT2D eigenvalue weighted by Crippen LogP contribution is -2.08. The largest absolute Gasteiger partial charge is 0.370 e. The molecule has 6 heteroatoms. The fourth-order valence-electron chi connectivity index (χ4n) is 3.11. The zero-order chi connectivity index (χ0) is 16.5. The normalized spacial score (nSPS) is 13.9. The van der Waals surface area contributed by atoms with E-state index in [1.807, 2.05) is 22.9 Å². The summed E-state index contributed by atoms with van der Waals surface area (Å²) < 4.78 is 1.96. The zero-order valence-electron chi connectivity index (χ0n) is 13.5. The summed E-state index contributed by atoms with van der Waals surface area (Å²) in [5.74, 6) is 1.04. The molecule has 4 rings (SSSR count). The number of benzene rings is 1. The molecule has 0 saturated heterocycles. The predicted octanol–water partition coefficient (Wildman–Crippen LogP) is 4.04. The van der Waals surface area contributed by atoms with Gasteiger partial charge in [-0.15, -0.1) is 0 Å². The standard InChI is InChI=1S/C18H18ClN5/c1-12-5-6-13(19)10-16(12)24-18-14(4-2-3-7-22-18)17(23-24)15-11-20-8-9-21-15/h5-6,8-11,22H,2-4,7H2,1H3. The molecule has 0 unspecified atom stereocenters. The Morgan fingerprint density at radius 3 is 2.96 bits per heavy atom. The third kappa shape index (κ3) is 2.65. The Balaban J connectivity index is 1.95. The molecule has 2 aromatic heterocycles. The van der Waals surface area contributed by atoms with Gasteiger partial charge in [-0.05, 0) is 43.9 Å². The molecule has 3 aromatic rings. The van der Waals surface area contributed by atoms with Gasteiger partial charge >= 0.3 is 0 Å². The van der Waals surface area contributed by atoms with Crippen LogP contribution in [0.5, 0.6) is 0 Å². The summed E-state index contributed by atoms with van der Waals surface area (Å²) in [6, 6.07) is 5.88. The number of aromatic nitrogens is 4. The maximum absolute atomic E-state index is 6.22. The summed E-state index contributed by atoms with van der Waals surface area (Å²) >= 11 is 6.22. The van der Waals surface area contributed by atoms with Crippen LogP contribution in [-0.2, 0) is 6.42 Å². The minimum Gasteiger partial charge on any atom is -0.370 e. The van der Waals surface area contributed by atoms with Crippen LogP contribution in [0.3, 0.4) is 0 Å². The van der Waals surface area contributed by atoms with E-state index in [0.717, 1.165) is 54.3 Å². The van der Waals surface area contributed by atoms with Gasteiger partial charge in [-0.3, -0.25) is 9.97 Å². The Morgan fingerprint density at radius 2 is 2.12 bits per heavy atom. The number of hydrogen-bond donors (Lipinski definition) is 1. The Labute approximate surface area is 145 Å². The van der Waals surface area contributed by atoms with Gasteiger partial charge in [-0.25, -0.2) is 4.68 Å². The second-order valence-corrected chi connectivity index (χ2v) is 6.43. The number of halogens is 1. The van der Waals surface area contributed by atoms with E-state index in [1.165, 1.54) is 5.56 Å². The van der Waals surface area contributed by atoms with Crippen LogP contribution in [0.1, 0.15) is 24.0 Å². The van der Waals surface area contributed by atoms with Crippen molar-refractivity contribution < 1.29 is 0 Å². The molecule has 0 saturated carbocycles. The molecule has 0 spiro atoms. The Kier molecular flexibility index (Phi) is 3.94. The van der Waals surface area contributed by atoms with Gasteiger partial charge in [0, 0.05) is 29.5 Å². The van der Waals surface area contributed by atoms with E-state index in [0.29, 0.717) is 5.02 Å². The average Bonchev–Trinajstić information content (AvgIpc) is 2.79. The number of nitrogens with zero attached hydrogens (tertiary/aromatic N) is 4. The van der Waals surface area contributed by atoms with Crippen molar-refractivity contribution in [2.45, 2.75) is 26.2 Å². The summed E-state index contributed by atoms with van der Waals surface area (Å²) in [6.45, 7) is 3.01. The molecule has 0 atom stereocenters. The molecule has 0 bridgehead atoms. The summed E-state index contributed by atoms with van der Waals surface area (Å²) in [7, 11) is 0. The summed E-state index contributed by atoms with van der Waals surface area (Å²) in [6.07, 6.45) is 8.40. The predicted molar refractivity (Wildman–Crippen MR) is 95.8 cm³/mol. The van der Waals surface area contributed by atoms with Gasteiger partial charge in [0.2, 0.25) is 0 Å². The lowest BCUT2D eigenvalue weighted by Gasteiger charge is -2.12. The monoisotopic (exact) mass is 339 g/mol. The third-order valence-electron chi connectivity index (χ3n) is 4.33. The quantitative estimate of drug-likeness (QED) is 0.765. The Hall–Kier alpha value is -2.40. The Morgan fingerprint density at radius 1 is 1.21 bits per heavy atom. The molecule has 1 aromatic carbocycles. The van der Waals surface area contributed by atoms with Crippen LogP contribution in [0.2, 0.25) is 5.02 Å². The summed E-state index contributed by atoms with van der Waals surface area (Å²) in [5, 5.41) is 9.11. The highest BCUT2D eigenvalue weighted by Crippen LogP contribution is 2.34. The second kappa shape index (κ2) is 6.24. The molecule has 0 radical (unpaired) electrons. The molecule has 24 heavy (non-hydrogen) atoms. The molecule has 1 aliphatic rings. The maximum atomic E-state index is 6.22. The van der Waals surface area contributed by atoms with E-state index < -0.39 is 0 Å². The smallest absolute Gasteiger partial charge is 0.133 e. The van der Waals surface area contributed by atoms with Gasteiger partial charge < -0.3 is 5.32 Å². The summed E-state index contributed by atoms with van der Waals surface area (Å²) in [5.41, 5.74) is 5.01. The lowest BCUT2D eigenvalue weighted by molar-refractivity contribution is 0.779. The average molecular weight is 340 g/mol. The van der Waals surface area contributed by atoms with Crippen LogP contribution in [-0.4, -0.2) is 26.3 Å². The van der Waals surface area contributed by atoms with E-state index in [4.69, 9.17) is 16.7 Å². The highest BCUT2D eigenvalue weighted by Gasteiger charge is 2.23. The molecule has 3 heterocycles. The molecule has 1 N–H and O–H groups in total. The fraction of sp³-hybridized carbons (Fsp3) is 0.278. The van der Waals surface area contributed by atoms with Gasteiger partial charge in [0.05, 0.1) is 11.9 Å². The van der Waals surface area contributed by atoms with Crippen molar-refractivity contribution in [2.24, 2.45) is 0 Å². The van der Waals surface area contributed by atoms with Crippen LogP contribution in [0.25, 0.3) is 17.1 Å². The first-order chi connectivity index (χ1) is 11.7. The van der Waals surface area contributed by atoms with Crippen LogP contribution < -0.4 is 5.32 Å². The molecule has 0 amide bonds. The van der Waals surface area contributed by atoms with Crippen molar-refractivity contribution in [3.63, 3.8) is 0 Å². The molecule has 5 nitrogen and oxygen atoms in total. The van der Waals surface area contributed by atoms with Gasteiger partial charge in [-0.1, -0.05) is 17.7 Å². The maximum Gasteiger partial charge on any atom is 0.133 e. The first-order valence-corrected chi connectivity index (χ1v) is 8.50. The number of rotatable bonds is 2.